The zero-order valence-corrected chi connectivity index (χ0v) is 8.55. The molecule has 1 aliphatic carbocycles. The number of phenolic OH excluding ortho intramolecular Hbond substituents is 1. The SMILES string of the molecule is COc1c(F)cc(C2(C#N)CC2)c(O)c1F. The van der Waals surface area contributed by atoms with Gasteiger partial charge in [-0.2, -0.15) is 9.65 Å². The van der Waals surface area contributed by atoms with E-state index in [0.29, 0.717) is 12.8 Å². The molecule has 1 aromatic rings. The number of nitriles is 1. The summed E-state index contributed by atoms with van der Waals surface area (Å²) in [6.07, 6.45) is 1.00. The van der Waals surface area contributed by atoms with Gasteiger partial charge in [0.1, 0.15) is 0 Å². The molecule has 0 spiro atoms. The summed E-state index contributed by atoms with van der Waals surface area (Å²) in [6, 6.07) is 2.93. The van der Waals surface area contributed by atoms with Crippen molar-refractivity contribution < 1.29 is 18.6 Å². The zero-order chi connectivity index (χ0) is 11.9. The molecule has 1 aromatic carbocycles. The van der Waals surface area contributed by atoms with Gasteiger partial charge in [-0.05, 0) is 18.9 Å². The number of phenols is 1. The lowest BCUT2D eigenvalue weighted by atomic mass is 9.96. The molecule has 0 unspecified atom stereocenters. The zero-order valence-electron chi connectivity index (χ0n) is 8.55. The number of methoxy groups -OCH3 is 1. The number of benzene rings is 1. The van der Waals surface area contributed by atoms with Crippen LogP contribution in [0, 0.1) is 23.0 Å². The van der Waals surface area contributed by atoms with E-state index in [1.54, 1.807) is 0 Å². The van der Waals surface area contributed by atoms with E-state index in [2.05, 4.69) is 4.74 Å². The number of nitrogens with zero attached hydrogens (tertiary/aromatic N) is 1. The molecule has 0 amide bonds. The standard InChI is InChI=1S/C11H9F2NO2/c1-16-10-7(12)4-6(9(15)8(10)13)11(5-14)2-3-11/h4,15H,2-3H2,1H3. The quantitative estimate of drug-likeness (QED) is 0.839. The van der Waals surface area contributed by atoms with Gasteiger partial charge >= 0.3 is 0 Å². The van der Waals surface area contributed by atoms with E-state index in [1.807, 2.05) is 6.07 Å². The van der Waals surface area contributed by atoms with Crippen molar-refractivity contribution in [1.29, 1.82) is 5.26 Å². The maximum Gasteiger partial charge on any atom is 0.209 e. The summed E-state index contributed by atoms with van der Waals surface area (Å²) in [6.45, 7) is 0. The predicted molar refractivity (Wildman–Crippen MR) is 51.1 cm³/mol. The Labute approximate surface area is 90.9 Å². The molecule has 0 radical (unpaired) electrons. The third-order valence-electron chi connectivity index (χ3n) is 2.83. The van der Waals surface area contributed by atoms with Gasteiger partial charge in [0.15, 0.2) is 17.3 Å². The van der Waals surface area contributed by atoms with Gasteiger partial charge in [0.05, 0.1) is 18.6 Å². The van der Waals surface area contributed by atoms with E-state index in [4.69, 9.17) is 5.26 Å². The molecule has 1 aliphatic rings. The van der Waals surface area contributed by atoms with Crippen molar-refractivity contribution in [3.8, 4) is 17.6 Å². The first-order chi connectivity index (χ1) is 7.55. The van der Waals surface area contributed by atoms with Crippen molar-refractivity contribution in [2.75, 3.05) is 7.11 Å². The van der Waals surface area contributed by atoms with Crippen molar-refractivity contribution in [3.05, 3.63) is 23.3 Å². The molecular weight excluding hydrogens is 216 g/mol. The molecule has 5 heteroatoms. The Bertz CT molecular complexity index is 490. The topological polar surface area (TPSA) is 53.2 Å². The van der Waals surface area contributed by atoms with Gasteiger partial charge in [-0.15, -0.1) is 0 Å². The minimum atomic E-state index is -1.15. The smallest absolute Gasteiger partial charge is 0.209 e. The molecular formula is C11H9F2NO2. The predicted octanol–water partition coefficient (Wildman–Crippen LogP) is 2.23. The van der Waals surface area contributed by atoms with Crippen molar-refractivity contribution in [3.63, 3.8) is 0 Å². The summed E-state index contributed by atoms with van der Waals surface area (Å²) >= 11 is 0. The first kappa shape index (κ1) is 10.7. The molecule has 1 N–H and O–H groups in total. The molecule has 1 saturated carbocycles. The van der Waals surface area contributed by atoms with E-state index in [9.17, 15) is 13.9 Å². The third kappa shape index (κ3) is 1.30. The van der Waals surface area contributed by atoms with Crippen LogP contribution in [-0.4, -0.2) is 12.2 Å². The van der Waals surface area contributed by atoms with Crippen LogP contribution in [0.2, 0.25) is 0 Å². The molecule has 3 nitrogen and oxygen atoms in total. The van der Waals surface area contributed by atoms with Gasteiger partial charge in [-0.1, -0.05) is 0 Å². The number of halogens is 2. The van der Waals surface area contributed by atoms with Crippen LogP contribution in [0.15, 0.2) is 6.07 Å². The molecule has 1 fully saturated rings. The van der Waals surface area contributed by atoms with Gasteiger partial charge in [0.2, 0.25) is 5.82 Å². The lowest BCUT2D eigenvalue weighted by Gasteiger charge is -2.12. The average molecular weight is 225 g/mol. The van der Waals surface area contributed by atoms with Crippen LogP contribution in [0.4, 0.5) is 8.78 Å². The summed E-state index contributed by atoms with van der Waals surface area (Å²) in [7, 11) is 1.11. The number of hydrogen-bond acceptors (Lipinski definition) is 3. The highest BCUT2D eigenvalue weighted by atomic mass is 19.1. The van der Waals surface area contributed by atoms with Crippen LogP contribution < -0.4 is 4.74 Å². The minimum Gasteiger partial charge on any atom is -0.504 e. The van der Waals surface area contributed by atoms with Gasteiger partial charge in [0, 0.05) is 5.56 Å². The summed E-state index contributed by atoms with van der Waals surface area (Å²) in [5, 5.41) is 18.5. The van der Waals surface area contributed by atoms with Crippen LogP contribution in [0.5, 0.6) is 11.5 Å². The monoisotopic (exact) mass is 225 g/mol. The van der Waals surface area contributed by atoms with Gasteiger partial charge in [0.25, 0.3) is 0 Å². The summed E-state index contributed by atoms with van der Waals surface area (Å²) in [5.41, 5.74) is -0.927. The first-order valence-corrected chi connectivity index (χ1v) is 4.72. The van der Waals surface area contributed by atoms with Crippen molar-refractivity contribution in [2.24, 2.45) is 0 Å². The molecule has 16 heavy (non-hydrogen) atoms. The second-order valence-corrected chi connectivity index (χ2v) is 3.80. The number of aromatic hydroxyl groups is 1. The third-order valence-corrected chi connectivity index (χ3v) is 2.83. The molecule has 84 valence electrons. The lowest BCUT2D eigenvalue weighted by Crippen LogP contribution is -2.06. The van der Waals surface area contributed by atoms with Crippen LogP contribution in [0.25, 0.3) is 0 Å². The van der Waals surface area contributed by atoms with Gasteiger partial charge < -0.3 is 9.84 Å². The fourth-order valence-corrected chi connectivity index (χ4v) is 1.71. The maximum atomic E-state index is 13.5. The molecule has 0 atom stereocenters. The second-order valence-electron chi connectivity index (χ2n) is 3.80. The molecule has 2 rings (SSSR count). The Morgan fingerprint density at radius 1 is 1.50 bits per heavy atom. The Balaban J connectivity index is 2.62. The maximum absolute atomic E-state index is 13.5. The highest BCUT2D eigenvalue weighted by Crippen LogP contribution is 2.52. The fraction of sp³-hybridized carbons (Fsp3) is 0.364. The summed E-state index contributed by atoms with van der Waals surface area (Å²) < 4.78 is 31.4. The summed E-state index contributed by atoms with van der Waals surface area (Å²) in [4.78, 5) is 0. The van der Waals surface area contributed by atoms with Crippen molar-refractivity contribution in [2.45, 2.75) is 18.3 Å². The van der Waals surface area contributed by atoms with E-state index < -0.39 is 28.5 Å². The average Bonchev–Trinajstić information content (AvgIpc) is 3.05. The lowest BCUT2D eigenvalue weighted by molar-refractivity contribution is 0.339. The molecule has 0 saturated heterocycles. The van der Waals surface area contributed by atoms with Gasteiger partial charge in [-0.25, -0.2) is 4.39 Å². The highest BCUT2D eigenvalue weighted by Gasteiger charge is 2.48. The largest absolute Gasteiger partial charge is 0.504 e. The van der Waals surface area contributed by atoms with Crippen molar-refractivity contribution >= 4 is 0 Å². The summed E-state index contributed by atoms with van der Waals surface area (Å²) in [5.74, 6) is -3.39. The van der Waals surface area contributed by atoms with Crippen LogP contribution in [0.3, 0.4) is 0 Å². The molecule has 0 heterocycles. The normalized spacial score (nSPS) is 16.6. The first-order valence-electron chi connectivity index (χ1n) is 4.72. The number of ether oxygens (including phenoxy) is 1. The van der Waals surface area contributed by atoms with E-state index >= 15 is 0 Å². The minimum absolute atomic E-state index is 0.00537. The van der Waals surface area contributed by atoms with E-state index in [0.717, 1.165) is 13.2 Å². The highest BCUT2D eigenvalue weighted by molar-refractivity contribution is 5.52. The van der Waals surface area contributed by atoms with E-state index in [1.165, 1.54) is 0 Å². The Hall–Kier alpha value is -1.83. The van der Waals surface area contributed by atoms with Crippen LogP contribution in [-0.2, 0) is 5.41 Å². The van der Waals surface area contributed by atoms with Crippen LogP contribution in [0.1, 0.15) is 18.4 Å². The second kappa shape index (κ2) is 3.34. The Morgan fingerprint density at radius 2 is 2.12 bits per heavy atom. The molecule has 0 aromatic heterocycles. The molecule has 0 aliphatic heterocycles. The van der Waals surface area contributed by atoms with Gasteiger partial charge in [-0.3, -0.25) is 0 Å². The van der Waals surface area contributed by atoms with Crippen LogP contribution >= 0.6 is 0 Å². The Kier molecular flexibility index (Phi) is 2.23. The van der Waals surface area contributed by atoms with E-state index in [-0.39, 0.29) is 5.56 Å². The number of hydrogen-bond donors (Lipinski definition) is 1. The fourth-order valence-electron chi connectivity index (χ4n) is 1.71. The molecule has 0 bridgehead atoms. The van der Waals surface area contributed by atoms with Crippen molar-refractivity contribution in [1.82, 2.24) is 0 Å². The number of rotatable bonds is 2. The Morgan fingerprint density at radius 3 is 2.56 bits per heavy atom.